The molecule has 0 radical (unpaired) electrons. The SMILES string of the molecule is CCc1cccc(CNC(=O)CCc2ccccc2)c1. The Bertz CT molecular complexity index is 548. The van der Waals surface area contributed by atoms with Gasteiger partial charge in [-0.1, -0.05) is 61.5 Å². The van der Waals surface area contributed by atoms with Crippen LogP contribution in [0.2, 0.25) is 0 Å². The van der Waals surface area contributed by atoms with Crippen LogP contribution >= 0.6 is 0 Å². The van der Waals surface area contributed by atoms with E-state index in [0.29, 0.717) is 13.0 Å². The molecule has 0 aliphatic carbocycles. The lowest BCUT2D eigenvalue weighted by Gasteiger charge is -2.07. The Balaban J connectivity index is 1.77. The largest absolute Gasteiger partial charge is 0.352 e. The Morgan fingerprint density at radius 3 is 2.40 bits per heavy atom. The molecule has 104 valence electrons. The van der Waals surface area contributed by atoms with Gasteiger partial charge in [0.2, 0.25) is 5.91 Å². The van der Waals surface area contributed by atoms with Gasteiger partial charge in [0.1, 0.15) is 0 Å². The van der Waals surface area contributed by atoms with E-state index >= 15 is 0 Å². The smallest absolute Gasteiger partial charge is 0.220 e. The topological polar surface area (TPSA) is 29.1 Å². The second kappa shape index (κ2) is 7.49. The molecule has 0 fully saturated rings. The van der Waals surface area contributed by atoms with Gasteiger partial charge in [0.15, 0.2) is 0 Å². The van der Waals surface area contributed by atoms with E-state index in [2.05, 4.69) is 42.6 Å². The first-order valence-corrected chi connectivity index (χ1v) is 7.16. The van der Waals surface area contributed by atoms with Crippen LogP contribution < -0.4 is 5.32 Å². The van der Waals surface area contributed by atoms with E-state index in [1.807, 2.05) is 24.3 Å². The normalized spacial score (nSPS) is 10.2. The van der Waals surface area contributed by atoms with Crippen molar-refractivity contribution < 1.29 is 4.79 Å². The lowest BCUT2D eigenvalue weighted by atomic mass is 10.1. The maximum Gasteiger partial charge on any atom is 0.220 e. The third-order valence-electron chi connectivity index (χ3n) is 3.37. The Morgan fingerprint density at radius 1 is 0.950 bits per heavy atom. The zero-order valence-corrected chi connectivity index (χ0v) is 11.9. The van der Waals surface area contributed by atoms with Crippen LogP contribution in [0.4, 0.5) is 0 Å². The molecule has 2 aromatic carbocycles. The first-order chi connectivity index (χ1) is 9.78. The van der Waals surface area contributed by atoms with Crippen molar-refractivity contribution in [3.63, 3.8) is 0 Å². The van der Waals surface area contributed by atoms with Crippen LogP contribution in [0.25, 0.3) is 0 Å². The Labute approximate surface area is 120 Å². The number of nitrogens with one attached hydrogen (secondary N) is 1. The number of carbonyl (C=O) groups is 1. The molecule has 2 rings (SSSR count). The van der Waals surface area contributed by atoms with Gasteiger partial charge in [0.25, 0.3) is 0 Å². The zero-order chi connectivity index (χ0) is 14.2. The maximum absolute atomic E-state index is 11.8. The highest BCUT2D eigenvalue weighted by Crippen LogP contribution is 2.06. The third-order valence-corrected chi connectivity index (χ3v) is 3.37. The van der Waals surface area contributed by atoms with E-state index in [1.165, 1.54) is 11.1 Å². The van der Waals surface area contributed by atoms with Crippen LogP contribution in [0.15, 0.2) is 54.6 Å². The summed E-state index contributed by atoms with van der Waals surface area (Å²) in [5.41, 5.74) is 3.68. The van der Waals surface area contributed by atoms with Crippen LogP contribution in [-0.4, -0.2) is 5.91 Å². The monoisotopic (exact) mass is 267 g/mol. The van der Waals surface area contributed by atoms with Gasteiger partial charge in [-0.05, 0) is 29.5 Å². The van der Waals surface area contributed by atoms with Crippen LogP contribution in [0, 0.1) is 0 Å². The van der Waals surface area contributed by atoms with Crippen molar-refractivity contribution in [3.05, 3.63) is 71.3 Å². The predicted octanol–water partition coefficient (Wildman–Crippen LogP) is 3.50. The summed E-state index contributed by atoms with van der Waals surface area (Å²) in [6.07, 6.45) is 2.36. The minimum Gasteiger partial charge on any atom is -0.352 e. The van der Waals surface area contributed by atoms with Gasteiger partial charge >= 0.3 is 0 Å². The minimum atomic E-state index is 0.107. The molecule has 0 saturated carbocycles. The van der Waals surface area contributed by atoms with Crippen molar-refractivity contribution in [3.8, 4) is 0 Å². The van der Waals surface area contributed by atoms with Gasteiger partial charge in [-0.15, -0.1) is 0 Å². The molecular formula is C18H21NO. The highest BCUT2D eigenvalue weighted by molar-refractivity contribution is 5.76. The Hall–Kier alpha value is -2.09. The Morgan fingerprint density at radius 2 is 1.65 bits per heavy atom. The van der Waals surface area contributed by atoms with E-state index in [0.717, 1.165) is 18.4 Å². The molecule has 0 atom stereocenters. The molecule has 20 heavy (non-hydrogen) atoms. The van der Waals surface area contributed by atoms with Gasteiger partial charge in [0.05, 0.1) is 0 Å². The lowest BCUT2D eigenvalue weighted by Crippen LogP contribution is -2.23. The second-order valence-corrected chi connectivity index (χ2v) is 4.94. The molecule has 0 spiro atoms. The number of hydrogen-bond acceptors (Lipinski definition) is 1. The molecule has 1 N–H and O–H groups in total. The predicted molar refractivity (Wildman–Crippen MR) is 82.4 cm³/mol. The summed E-state index contributed by atoms with van der Waals surface area (Å²) in [5.74, 6) is 0.107. The maximum atomic E-state index is 11.8. The van der Waals surface area contributed by atoms with Crippen molar-refractivity contribution in [2.24, 2.45) is 0 Å². The summed E-state index contributed by atoms with van der Waals surface area (Å²) >= 11 is 0. The first-order valence-electron chi connectivity index (χ1n) is 7.16. The summed E-state index contributed by atoms with van der Waals surface area (Å²) in [6.45, 7) is 2.75. The average Bonchev–Trinajstić information content (AvgIpc) is 2.52. The van der Waals surface area contributed by atoms with Crippen molar-refractivity contribution in [1.82, 2.24) is 5.32 Å². The van der Waals surface area contributed by atoms with Crippen LogP contribution in [0.3, 0.4) is 0 Å². The van der Waals surface area contributed by atoms with Gasteiger partial charge in [-0.25, -0.2) is 0 Å². The highest BCUT2D eigenvalue weighted by Gasteiger charge is 2.02. The van der Waals surface area contributed by atoms with E-state index < -0.39 is 0 Å². The minimum absolute atomic E-state index is 0.107. The van der Waals surface area contributed by atoms with E-state index in [1.54, 1.807) is 0 Å². The third kappa shape index (κ3) is 4.54. The molecule has 0 aliphatic heterocycles. The molecular weight excluding hydrogens is 246 g/mol. The number of rotatable bonds is 6. The van der Waals surface area contributed by atoms with Gasteiger partial charge in [-0.2, -0.15) is 0 Å². The summed E-state index contributed by atoms with van der Waals surface area (Å²) in [4.78, 5) is 11.8. The van der Waals surface area contributed by atoms with Crippen molar-refractivity contribution >= 4 is 5.91 Å². The molecule has 0 heterocycles. The molecule has 0 bridgehead atoms. The molecule has 0 saturated heterocycles. The van der Waals surface area contributed by atoms with Gasteiger partial charge in [-0.3, -0.25) is 4.79 Å². The van der Waals surface area contributed by atoms with Crippen LogP contribution in [-0.2, 0) is 24.2 Å². The summed E-state index contributed by atoms with van der Waals surface area (Å²) in [6, 6.07) is 18.5. The number of aryl methyl sites for hydroxylation is 2. The summed E-state index contributed by atoms with van der Waals surface area (Å²) in [7, 11) is 0. The highest BCUT2D eigenvalue weighted by atomic mass is 16.1. The van der Waals surface area contributed by atoms with E-state index in [-0.39, 0.29) is 5.91 Å². The molecule has 0 aromatic heterocycles. The zero-order valence-electron chi connectivity index (χ0n) is 11.9. The number of carbonyl (C=O) groups excluding carboxylic acids is 1. The van der Waals surface area contributed by atoms with Gasteiger partial charge < -0.3 is 5.32 Å². The summed E-state index contributed by atoms with van der Waals surface area (Å²) < 4.78 is 0. The molecule has 2 heteroatoms. The number of hydrogen-bond donors (Lipinski definition) is 1. The van der Waals surface area contributed by atoms with Crippen molar-refractivity contribution in [1.29, 1.82) is 0 Å². The fraction of sp³-hybridized carbons (Fsp3) is 0.278. The standard InChI is InChI=1S/C18H21NO/c1-2-15-9-6-10-17(13-15)14-19-18(20)12-11-16-7-4-3-5-8-16/h3-10,13H,2,11-12,14H2,1H3,(H,19,20). The van der Waals surface area contributed by atoms with Crippen molar-refractivity contribution in [2.75, 3.05) is 0 Å². The number of amides is 1. The van der Waals surface area contributed by atoms with Gasteiger partial charge in [0, 0.05) is 13.0 Å². The molecule has 0 aliphatic rings. The second-order valence-electron chi connectivity index (χ2n) is 4.94. The van der Waals surface area contributed by atoms with E-state index in [4.69, 9.17) is 0 Å². The fourth-order valence-electron chi connectivity index (χ4n) is 2.15. The Kier molecular flexibility index (Phi) is 5.36. The van der Waals surface area contributed by atoms with Crippen LogP contribution in [0.5, 0.6) is 0 Å². The fourth-order valence-corrected chi connectivity index (χ4v) is 2.15. The quantitative estimate of drug-likeness (QED) is 0.852. The summed E-state index contributed by atoms with van der Waals surface area (Å²) in [5, 5.41) is 2.98. The molecule has 2 nitrogen and oxygen atoms in total. The van der Waals surface area contributed by atoms with E-state index in [9.17, 15) is 4.79 Å². The first kappa shape index (κ1) is 14.3. The lowest BCUT2D eigenvalue weighted by molar-refractivity contribution is -0.121. The molecule has 2 aromatic rings. The van der Waals surface area contributed by atoms with Crippen molar-refractivity contribution in [2.45, 2.75) is 32.7 Å². The van der Waals surface area contributed by atoms with Crippen LogP contribution in [0.1, 0.15) is 30.0 Å². The molecule has 0 unspecified atom stereocenters. The molecule has 1 amide bonds. The number of benzene rings is 2. The average molecular weight is 267 g/mol.